The van der Waals surface area contributed by atoms with Crippen LogP contribution in [0, 0.1) is 5.92 Å². The van der Waals surface area contributed by atoms with E-state index >= 15 is 0 Å². The Bertz CT molecular complexity index is 507. The molecule has 0 aromatic heterocycles. The molecule has 1 fully saturated rings. The highest BCUT2D eigenvalue weighted by Crippen LogP contribution is 2.22. The van der Waals surface area contributed by atoms with E-state index in [9.17, 15) is 4.79 Å². The van der Waals surface area contributed by atoms with Crippen LogP contribution in [0.4, 0.5) is 0 Å². The fourth-order valence-corrected chi connectivity index (χ4v) is 2.81. The quantitative estimate of drug-likeness (QED) is 0.553. The van der Waals surface area contributed by atoms with Crippen molar-refractivity contribution in [1.82, 2.24) is 4.90 Å². The molecule has 2 rings (SSSR count). The van der Waals surface area contributed by atoms with Crippen molar-refractivity contribution < 1.29 is 14.3 Å². The molecule has 2 unspecified atom stereocenters. The zero-order chi connectivity index (χ0) is 16.5. The molecule has 24 heavy (non-hydrogen) atoms. The molecule has 2 atom stereocenters. The van der Waals surface area contributed by atoms with Crippen LogP contribution in [0.15, 0.2) is 42.5 Å². The molecule has 1 aliphatic rings. The van der Waals surface area contributed by atoms with Gasteiger partial charge in [-0.05, 0) is 38.8 Å². The predicted molar refractivity (Wildman–Crippen MR) is 98.7 cm³/mol. The third kappa shape index (κ3) is 6.93. The molecule has 0 saturated carbocycles. The monoisotopic (exact) mass is 353 g/mol. The number of hydrogen-bond donors (Lipinski definition) is 0. The first-order valence-corrected chi connectivity index (χ1v) is 8.37. The summed E-state index contributed by atoms with van der Waals surface area (Å²) in [6, 6.07) is 9.92. The van der Waals surface area contributed by atoms with Crippen molar-refractivity contribution in [1.29, 1.82) is 0 Å². The first-order chi connectivity index (χ1) is 11.2. The standard InChI is InChI=1S/C19H27NO3.ClH/c1-3-4-12-20-13-17(11-10-16(20)2)14-23-19(21)15-22-18-8-6-5-7-9-18;/h3-9,16-17H,10-15H2,1-2H3;1H/b4-3-;. The normalized spacial score (nSPS) is 21.2. The second-order valence-electron chi connectivity index (χ2n) is 6.10. The highest BCUT2D eigenvalue weighted by molar-refractivity contribution is 5.85. The molecule has 1 aromatic rings. The minimum Gasteiger partial charge on any atom is -0.482 e. The number of carbonyl (C=O) groups is 1. The molecule has 134 valence electrons. The van der Waals surface area contributed by atoms with Gasteiger partial charge < -0.3 is 9.47 Å². The lowest BCUT2D eigenvalue weighted by molar-refractivity contribution is -0.148. The van der Waals surface area contributed by atoms with Gasteiger partial charge in [-0.25, -0.2) is 4.79 Å². The molecular weight excluding hydrogens is 326 g/mol. The van der Waals surface area contributed by atoms with Crippen LogP contribution in [-0.4, -0.2) is 43.2 Å². The Kier molecular flexibility index (Phi) is 9.50. The largest absolute Gasteiger partial charge is 0.482 e. The number of benzene rings is 1. The highest BCUT2D eigenvalue weighted by Gasteiger charge is 2.25. The van der Waals surface area contributed by atoms with E-state index in [2.05, 4.69) is 24.0 Å². The maximum Gasteiger partial charge on any atom is 0.344 e. The summed E-state index contributed by atoms with van der Waals surface area (Å²) < 4.78 is 10.8. The molecule has 1 aliphatic heterocycles. The molecule has 0 amide bonds. The average molecular weight is 354 g/mol. The predicted octanol–water partition coefficient (Wildman–Crippen LogP) is 3.71. The summed E-state index contributed by atoms with van der Waals surface area (Å²) in [6.07, 6.45) is 6.52. The second-order valence-corrected chi connectivity index (χ2v) is 6.10. The topological polar surface area (TPSA) is 38.8 Å². The van der Waals surface area contributed by atoms with E-state index in [0.717, 1.165) is 25.9 Å². The Morgan fingerprint density at radius 3 is 2.75 bits per heavy atom. The molecule has 1 aromatic carbocycles. The van der Waals surface area contributed by atoms with Crippen molar-refractivity contribution in [3.63, 3.8) is 0 Å². The number of carbonyl (C=O) groups excluding carboxylic acids is 1. The molecule has 1 heterocycles. The molecule has 0 aliphatic carbocycles. The van der Waals surface area contributed by atoms with Gasteiger partial charge in [-0.3, -0.25) is 4.90 Å². The number of halogens is 1. The van der Waals surface area contributed by atoms with Gasteiger partial charge in [0, 0.05) is 25.0 Å². The van der Waals surface area contributed by atoms with Crippen LogP contribution in [0.1, 0.15) is 26.7 Å². The highest BCUT2D eigenvalue weighted by atomic mass is 35.5. The van der Waals surface area contributed by atoms with Gasteiger partial charge in [0.2, 0.25) is 0 Å². The Balaban J connectivity index is 0.00000288. The number of nitrogens with zero attached hydrogens (tertiary/aromatic N) is 1. The fraction of sp³-hybridized carbons (Fsp3) is 0.526. The zero-order valence-electron chi connectivity index (χ0n) is 14.5. The Morgan fingerprint density at radius 1 is 1.29 bits per heavy atom. The van der Waals surface area contributed by atoms with Gasteiger partial charge in [0.15, 0.2) is 6.61 Å². The number of allylic oxidation sites excluding steroid dienone is 1. The molecule has 0 radical (unpaired) electrons. The molecule has 0 spiro atoms. The minimum atomic E-state index is -0.299. The number of piperidine rings is 1. The summed E-state index contributed by atoms with van der Waals surface area (Å²) in [5, 5.41) is 0. The van der Waals surface area contributed by atoms with E-state index in [1.807, 2.05) is 37.3 Å². The average Bonchev–Trinajstić information content (AvgIpc) is 2.59. The molecular formula is C19H28ClNO3. The molecule has 4 nitrogen and oxygen atoms in total. The van der Waals surface area contributed by atoms with Crippen LogP contribution >= 0.6 is 12.4 Å². The van der Waals surface area contributed by atoms with Crippen molar-refractivity contribution in [2.45, 2.75) is 32.7 Å². The summed E-state index contributed by atoms with van der Waals surface area (Å²) in [7, 11) is 0. The van der Waals surface area contributed by atoms with E-state index < -0.39 is 0 Å². The molecule has 0 bridgehead atoms. The lowest BCUT2D eigenvalue weighted by Crippen LogP contribution is -2.43. The van der Waals surface area contributed by atoms with Gasteiger partial charge >= 0.3 is 5.97 Å². The van der Waals surface area contributed by atoms with Crippen LogP contribution in [0.25, 0.3) is 0 Å². The third-order valence-electron chi connectivity index (χ3n) is 4.26. The number of ether oxygens (including phenoxy) is 2. The van der Waals surface area contributed by atoms with Crippen LogP contribution in [0.3, 0.4) is 0 Å². The molecule has 5 heteroatoms. The summed E-state index contributed by atoms with van der Waals surface area (Å²) in [6.45, 7) is 6.71. The first-order valence-electron chi connectivity index (χ1n) is 8.37. The van der Waals surface area contributed by atoms with E-state index in [1.54, 1.807) is 0 Å². The van der Waals surface area contributed by atoms with Gasteiger partial charge in [-0.15, -0.1) is 12.4 Å². The molecule has 1 saturated heterocycles. The maximum atomic E-state index is 11.8. The summed E-state index contributed by atoms with van der Waals surface area (Å²) in [5.41, 5.74) is 0. The molecule has 0 N–H and O–H groups in total. The Morgan fingerprint density at radius 2 is 2.04 bits per heavy atom. The van der Waals surface area contributed by atoms with Gasteiger partial charge in [0.25, 0.3) is 0 Å². The number of hydrogen-bond acceptors (Lipinski definition) is 4. The van der Waals surface area contributed by atoms with Crippen molar-refractivity contribution >= 4 is 18.4 Å². The van der Waals surface area contributed by atoms with Gasteiger partial charge in [0.1, 0.15) is 5.75 Å². The van der Waals surface area contributed by atoms with Crippen molar-refractivity contribution in [2.24, 2.45) is 5.92 Å². The smallest absolute Gasteiger partial charge is 0.344 e. The van der Waals surface area contributed by atoms with E-state index in [1.165, 1.54) is 0 Å². The summed E-state index contributed by atoms with van der Waals surface area (Å²) in [5.74, 6) is 0.804. The lowest BCUT2D eigenvalue weighted by Gasteiger charge is -2.37. The van der Waals surface area contributed by atoms with Crippen LogP contribution < -0.4 is 4.74 Å². The van der Waals surface area contributed by atoms with E-state index in [-0.39, 0.29) is 25.0 Å². The minimum absolute atomic E-state index is 0. The SMILES string of the molecule is C/C=C\CN1CC(COC(=O)COc2ccccc2)CCC1C.Cl. The fourth-order valence-electron chi connectivity index (χ4n) is 2.81. The van der Waals surface area contributed by atoms with E-state index in [4.69, 9.17) is 9.47 Å². The van der Waals surface area contributed by atoms with Gasteiger partial charge in [0.05, 0.1) is 6.61 Å². The Labute approximate surface area is 151 Å². The van der Waals surface area contributed by atoms with Crippen LogP contribution in [0.5, 0.6) is 5.75 Å². The Hall–Kier alpha value is -1.52. The summed E-state index contributed by atoms with van der Waals surface area (Å²) >= 11 is 0. The van der Waals surface area contributed by atoms with Gasteiger partial charge in [-0.2, -0.15) is 0 Å². The number of rotatable bonds is 7. The number of esters is 1. The second kappa shape index (κ2) is 11.1. The van der Waals surface area contributed by atoms with Crippen molar-refractivity contribution in [3.05, 3.63) is 42.5 Å². The maximum absolute atomic E-state index is 11.8. The van der Waals surface area contributed by atoms with Crippen LogP contribution in [0.2, 0.25) is 0 Å². The van der Waals surface area contributed by atoms with Crippen molar-refractivity contribution in [3.8, 4) is 5.75 Å². The first kappa shape index (κ1) is 20.5. The lowest BCUT2D eigenvalue weighted by atomic mass is 9.94. The number of likely N-dealkylation sites (tertiary alicyclic amines) is 1. The zero-order valence-corrected chi connectivity index (χ0v) is 15.3. The summed E-state index contributed by atoms with van der Waals surface area (Å²) in [4.78, 5) is 14.3. The number of para-hydroxylation sites is 1. The van der Waals surface area contributed by atoms with Crippen LogP contribution in [-0.2, 0) is 9.53 Å². The van der Waals surface area contributed by atoms with Gasteiger partial charge in [-0.1, -0.05) is 30.4 Å². The van der Waals surface area contributed by atoms with Crippen molar-refractivity contribution in [2.75, 3.05) is 26.3 Å². The van der Waals surface area contributed by atoms with E-state index in [0.29, 0.717) is 24.3 Å². The third-order valence-corrected chi connectivity index (χ3v) is 4.26.